The lowest BCUT2D eigenvalue weighted by Crippen LogP contribution is -2.58. The monoisotopic (exact) mass is 960 g/mol. The summed E-state index contributed by atoms with van der Waals surface area (Å²) in [4.78, 5) is 57.9. The van der Waals surface area contributed by atoms with E-state index in [9.17, 15) is 9.59 Å². The number of carbonyl (C=O) groups excluding carboxylic acids is 2. The van der Waals surface area contributed by atoms with Crippen molar-refractivity contribution in [2.24, 2.45) is 5.73 Å². The Kier molecular flexibility index (Phi) is 15.8. The molecular formula is C48H63Cl3N12O3. The van der Waals surface area contributed by atoms with Gasteiger partial charge in [-0.2, -0.15) is 0 Å². The largest absolute Gasteiger partial charge is 0.456 e. The highest BCUT2D eigenvalue weighted by atomic mass is 35.5. The summed E-state index contributed by atoms with van der Waals surface area (Å²) in [6, 6.07) is 17.7. The first-order chi connectivity index (χ1) is 31.9. The number of piperazine rings is 2. The number of aromatic nitrogens is 4. The number of piperidine rings is 2. The van der Waals surface area contributed by atoms with Gasteiger partial charge in [0.2, 0.25) is 0 Å². The van der Waals surface area contributed by atoms with Gasteiger partial charge in [0.15, 0.2) is 33.5 Å². The standard InChI is InChI=1S/C48H63Cl3N12O3/c1-4-36-28-60(22-24-62(36)38-16-20-59(21-17-38)27-33-8-12-35(49)13-9-33)46-42(50)54-31(3)40(55-46)30-66-48(65)34-10-6-32(7-11-34)26-58-18-14-39(15-19-58)63-25-23-61(29-37(63)5-2)47-43(51)56-41(45(53)64)44(52)57-47/h6-13,36-39H,4-5,14-30H2,1-3H3,(H2,52,57)(H2,53,64)/t36-,37-/m0/s1. The first kappa shape index (κ1) is 48.1. The van der Waals surface area contributed by atoms with Crippen LogP contribution >= 0.6 is 34.8 Å². The van der Waals surface area contributed by atoms with Crippen LogP contribution in [-0.4, -0.2) is 141 Å². The fourth-order valence-corrected chi connectivity index (χ4v) is 11.0. The Balaban J connectivity index is 0.789. The summed E-state index contributed by atoms with van der Waals surface area (Å²) >= 11 is 19.3. The van der Waals surface area contributed by atoms with Gasteiger partial charge in [0.05, 0.1) is 11.3 Å². The van der Waals surface area contributed by atoms with Gasteiger partial charge in [-0.25, -0.2) is 24.7 Å². The molecule has 2 aromatic carbocycles. The molecule has 1 amide bonds. The predicted octanol–water partition coefficient (Wildman–Crippen LogP) is 6.70. The van der Waals surface area contributed by atoms with E-state index in [0.29, 0.717) is 57.9 Å². The first-order valence-electron chi connectivity index (χ1n) is 23.5. The van der Waals surface area contributed by atoms with E-state index in [2.05, 4.69) is 70.3 Å². The highest BCUT2D eigenvalue weighted by Gasteiger charge is 2.36. The molecule has 4 aliphatic heterocycles. The third kappa shape index (κ3) is 11.3. The van der Waals surface area contributed by atoms with Crippen LogP contribution in [0.15, 0.2) is 48.5 Å². The maximum atomic E-state index is 13.3. The fourth-order valence-electron chi connectivity index (χ4n) is 10.4. The Morgan fingerprint density at radius 1 is 0.667 bits per heavy atom. The van der Waals surface area contributed by atoms with Gasteiger partial charge < -0.3 is 26.0 Å². The Bertz CT molecular complexity index is 2310. The average molecular weight is 962 g/mol. The quantitative estimate of drug-likeness (QED) is 0.128. The highest BCUT2D eigenvalue weighted by Crippen LogP contribution is 2.32. The molecular weight excluding hydrogens is 899 g/mol. The summed E-state index contributed by atoms with van der Waals surface area (Å²) in [5.74, 6) is -0.00954. The van der Waals surface area contributed by atoms with Crippen molar-refractivity contribution in [2.45, 2.75) is 103 Å². The molecule has 2 aromatic heterocycles. The molecule has 18 heteroatoms. The van der Waals surface area contributed by atoms with Gasteiger partial charge in [-0.15, -0.1) is 0 Å². The van der Waals surface area contributed by atoms with Crippen LogP contribution in [0.3, 0.4) is 0 Å². The van der Waals surface area contributed by atoms with Crippen LogP contribution < -0.4 is 21.3 Å². The van der Waals surface area contributed by atoms with Crippen LogP contribution in [0.1, 0.15) is 95.7 Å². The number of rotatable bonds is 14. The molecule has 8 rings (SSSR count). The number of hydrogen-bond acceptors (Lipinski definition) is 14. The number of ether oxygens (including phenoxy) is 1. The van der Waals surface area contributed by atoms with E-state index in [1.807, 2.05) is 43.3 Å². The summed E-state index contributed by atoms with van der Waals surface area (Å²) in [6.07, 6.45) is 6.44. The molecule has 2 atom stereocenters. The zero-order valence-corrected chi connectivity index (χ0v) is 40.6. The molecule has 15 nitrogen and oxygen atoms in total. The van der Waals surface area contributed by atoms with E-state index in [4.69, 9.17) is 56.0 Å². The maximum absolute atomic E-state index is 13.3. The Hall–Kier alpha value is -4.35. The van der Waals surface area contributed by atoms with Gasteiger partial charge in [-0.3, -0.25) is 24.4 Å². The van der Waals surface area contributed by atoms with E-state index in [0.717, 1.165) is 128 Å². The molecule has 4 N–H and O–H groups in total. The van der Waals surface area contributed by atoms with E-state index in [1.165, 1.54) is 5.56 Å². The topological polar surface area (TPSA) is 166 Å². The van der Waals surface area contributed by atoms with Crippen molar-refractivity contribution >= 4 is 64.1 Å². The lowest BCUT2D eigenvalue weighted by molar-refractivity contribution is 0.0466. The number of nitrogen functional groups attached to an aromatic ring is 1. The van der Waals surface area contributed by atoms with Crippen LogP contribution in [0.4, 0.5) is 17.5 Å². The Morgan fingerprint density at radius 2 is 1.15 bits per heavy atom. The van der Waals surface area contributed by atoms with Gasteiger partial charge in [-0.05, 0) is 107 Å². The molecule has 4 saturated heterocycles. The van der Waals surface area contributed by atoms with Gasteiger partial charge in [0.25, 0.3) is 5.91 Å². The van der Waals surface area contributed by atoms with Gasteiger partial charge in [-0.1, -0.05) is 72.9 Å². The van der Waals surface area contributed by atoms with Crippen LogP contribution in [0, 0.1) is 6.92 Å². The van der Waals surface area contributed by atoms with Crippen LogP contribution in [-0.2, 0) is 24.4 Å². The van der Waals surface area contributed by atoms with Crippen molar-refractivity contribution in [1.82, 2.24) is 39.5 Å². The van der Waals surface area contributed by atoms with Crippen molar-refractivity contribution in [3.63, 3.8) is 0 Å². The molecule has 0 bridgehead atoms. The SMILES string of the molecule is CC[C@H]1CN(c2nc(N)c(C(N)=O)nc2Cl)CCN1C1CCN(Cc2ccc(C(=O)OCc3nc(N4CCN(C5CCN(Cc6ccc(Cl)cc6)CC5)[C@@H](CC)C4)c(Cl)nc3C)cc2)CC1. The van der Waals surface area contributed by atoms with Crippen LogP contribution in [0.5, 0.6) is 0 Å². The third-order valence-corrected chi connectivity index (χ3v) is 14.9. The fraction of sp³-hybridized carbons (Fsp3) is 0.542. The van der Waals surface area contributed by atoms with Gasteiger partial charge in [0, 0.05) is 81.5 Å². The normalized spacial score (nSPS) is 21.1. The van der Waals surface area contributed by atoms with Crippen molar-refractivity contribution < 1.29 is 14.3 Å². The molecule has 0 unspecified atom stereocenters. The highest BCUT2D eigenvalue weighted by molar-refractivity contribution is 6.32. The van der Waals surface area contributed by atoms with Gasteiger partial charge >= 0.3 is 5.97 Å². The lowest BCUT2D eigenvalue weighted by Gasteiger charge is -2.47. The number of primary amides is 1. The number of nitrogens with two attached hydrogens (primary N) is 2. The van der Waals surface area contributed by atoms with Crippen molar-refractivity contribution in [3.05, 3.63) is 97.6 Å². The second-order valence-electron chi connectivity index (χ2n) is 18.2. The number of nitrogens with zero attached hydrogens (tertiary/aromatic N) is 10. The lowest BCUT2D eigenvalue weighted by atomic mass is 9.97. The molecule has 4 aromatic rings. The Morgan fingerprint density at radius 3 is 1.65 bits per heavy atom. The van der Waals surface area contributed by atoms with E-state index >= 15 is 0 Å². The molecule has 66 heavy (non-hydrogen) atoms. The molecule has 0 aliphatic carbocycles. The van der Waals surface area contributed by atoms with Crippen molar-refractivity contribution in [1.29, 1.82) is 0 Å². The van der Waals surface area contributed by atoms with Crippen LogP contribution in [0.2, 0.25) is 15.3 Å². The number of esters is 1. The second-order valence-corrected chi connectivity index (χ2v) is 19.4. The number of hydrogen-bond donors (Lipinski definition) is 2. The number of carbonyl (C=O) groups is 2. The second kappa shape index (κ2) is 21.7. The number of halogens is 3. The molecule has 6 heterocycles. The van der Waals surface area contributed by atoms with E-state index < -0.39 is 11.9 Å². The molecule has 354 valence electrons. The number of amides is 1. The first-order valence-corrected chi connectivity index (χ1v) is 24.6. The van der Waals surface area contributed by atoms with E-state index in [-0.39, 0.29) is 23.3 Å². The molecule has 4 fully saturated rings. The maximum Gasteiger partial charge on any atom is 0.338 e. The van der Waals surface area contributed by atoms with Crippen LogP contribution in [0.25, 0.3) is 0 Å². The average Bonchev–Trinajstić information content (AvgIpc) is 3.33. The minimum atomic E-state index is -0.751. The summed E-state index contributed by atoms with van der Waals surface area (Å²) in [5, 5.41) is 1.29. The van der Waals surface area contributed by atoms with E-state index in [1.54, 1.807) is 0 Å². The minimum absolute atomic E-state index is 0.00694. The number of anilines is 3. The smallest absolute Gasteiger partial charge is 0.338 e. The summed E-state index contributed by atoms with van der Waals surface area (Å²) in [6.45, 7) is 17.1. The molecule has 0 saturated carbocycles. The number of benzene rings is 2. The van der Waals surface area contributed by atoms with Crippen molar-refractivity contribution in [3.8, 4) is 0 Å². The molecule has 4 aliphatic rings. The third-order valence-electron chi connectivity index (χ3n) is 14.1. The zero-order valence-electron chi connectivity index (χ0n) is 38.3. The Labute approximate surface area is 403 Å². The minimum Gasteiger partial charge on any atom is -0.456 e. The van der Waals surface area contributed by atoms with Gasteiger partial charge in [0.1, 0.15) is 12.3 Å². The summed E-state index contributed by atoms with van der Waals surface area (Å²) in [7, 11) is 0. The summed E-state index contributed by atoms with van der Waals surface area (Å²) < 4.78 is 5.83. The number of likely N-dealkylation sites (tertiary alicyclic amines) is 2. The molecule has 0 spiro atoms. The molecule has 0 radical (unpaired) electrons. The summed E-state index contributed by atoms with van der Waals surface area (Å²) in [5.41, 5.74) is 15.5. The zero-order chi connectivity index (χ0) is 46.5. The van der Waals surface area contributed by atoms with Crippen molar-refractivity contribution in [2.75, 3.05) is 81.0 Å². The number of aryl methyl sites for hydroxylation is 1. The predicted molar refractivity (Wildman–Crippen MR) is 261 cm³/mol.